The van der Waals surface area contributed by atoms with Crippen LogP contribution in [0.15, 0.2) is 0 Å². The third-order valence-electron chi connectivity index (χ3n) is 3.99. The average Bonchev–Trinajstić information content (AvgIpc) is 2.41. The van der Waals surface area contributed by atoms with Gasteiger partial charge in [0, 0.05) is 25.6 Å². The standard InChI is InChI=1S/C15H31N3O/c1-14-8-4-6-12-18(14)13-7-11-17-15(19)9-3-2-5-10-16/h14H,2-13,16H2,1H3,(H,17,19). The second kappa shape index (κ2) is 10.2. The first-order chi connectivity index (χ1) is 9.24. The minimum Gasteiger partial charge on any atom is -0.356 e. The van der Waals surface area contributed by atoms with Crippen LogP contribution in [0.3, 0.4) is 0 Å². The maximum atomic E-state index is 11.6. The van der Waals surface area contributed by atoms with Crippen LogP contribution >= 0.6 is 0 Å². The molecule has 0 bridgehead atoms. The second-order valence-electron chi connectivity index (χ2n) is 5.68. The Bertz CT molecular complexity index is 246. The van der Waals surface area contributed by atoms with Gasteiger partial charge in [-0.2, -0.15) is 0 Å². The Morgan fingerprint density at radius 2 is 2.11 bits per heavy atom. The Hall–Kier alpha value is -0.610. The van der Waals surface area contributed by atoms with E-state index in [4.69, 9.17) is 5.73 Å². The van der Waals surface area contributed by atoms with Gasteiger partial charge in [-0.05, 0) is 52.1 Å². The van der Waals surface area contributed by atoms with Crippen molar-refractivity contribution in [3.63, 3.8) is 0 Å². The fourth-order valence-corrected chi connectivity index (χ4v) is 2.69. The number of hydrogen-bond donors (Lipinski definition) is 2. The highest BCUT2D eigenvalue weighted by Crippen LogP contribution is 2.15. The summed E-state index contributed by atoms with van der Waals surface area (Å²) in [6.45, 7) is 6.21. The molecule has 1 amide bonds. The molecule has 1 fully saturated rings. The Labute approximate surface area is 118 Å². The summed E-state index contributed by atoms with van der Waals surface area (Å²) in [5.74, 6) is 0.198. The molecule has 1 rings (SSSR count). The van der Waals surface area contributed by atoms with Gasteiger partial charge in [-0.3, -0.25) is 4.79 Å². The Kier molecular flexibility index (Phi) is 8.84. The van der Waals surface area contributed by atoms with Crippen LogP contribution in [0.25, 0.3) is 0 Å². The summed E-state index contributed by atoms with van der Waals surface area (Å²) in [7, 11) is 0. The van der Waals surface area contributed by atoms with E-state index >= 15 is 0 Å². The first-order valence-corrected chi connectivity index (χ1v) is 7.95. The number of unbranched alkanes of at least 4 members (excludes halogenated alkanes) is 2. The highest BCUT2D eigenvalue weighted by molar-refractivity contribution is 5.75. The Morgan fingerprint density at radius 3 is 2.84 bits per heavy atom. The van der Waals surface area contributed by atoms with Crippen LogP contribution in [0.1, 0.15) is 58.3 Å². The fourth-order valence-electron chi connectivity index (χ4n) is 2.69. The molecule has 3 N–H and O–H groups in total. The summed E-state index contributed by atoms with van der Waals surface area (Å²) < 4.78 is 0. The molecule has 1 saturated heterocycles. The van der Waals surface area contributed by atoms with Gasteiger partial charge in [-0.15, -0.1) is 0 Å². The second-order valence-corrected chi connectivity index (χ2v) is 5.68. The zero-order valence-corrected chi connectivity index (χ0v) is 12.5. The zero-order chi connectivity index (χ0) is 13.9. The Morgan fingerprint density at radius 1 is 1.26 bits per heavy atom. The molecule has 1 aliphatic heterocycles. The number of nitrogens with one attached hydrogen (secondary N) is 1. The normalized spacial score (nSPS) is 20.4. The van der Waals surface area contributed by atoms with E-state index in [0.29, 0.717) is 6.42 Å². The Balaban J connectivity index is 1.96. The summed E-state index contributed by atoms with van der Waals surface area (Å²) >= 11 is 0. The first-order valence-electron chi connectivity index (χ1n) is 7.95. The van der Waals surface area contributed by atoms with Crippen LogP contribution in [-0.2, 0) is 4.79 Å². The molecule has 1 heterocycles. The third-order valence-corrected chi connectivity index (χ3v) is 3.99. The van der Waals surface area contributed by atoms with Crippen molar-refractivity contribution in [1.29, 1.82) is 0 Å². The van der Waals surface area contributed by atoms with Crippen molar-refractivity contribution in [1.82, 2.24) is 10.2 Å². The molecule has 1 unspecified atom stereocenters. The molecule has 1 aliphatic rings. The summed E-state index contributed by atoms with van der Waals surface area (Å²) in [6, 6.07) is 0.723. The van der Waals surface area contributed by atoms with Crippen molar-refractivity contribution in [3.05, 3.63) is 0 Å². The molecule has 0 aromatic heterocycles. The van der Waals surface area contributed by atoms with Crippen molar-refractivity contribution >= 4 is 5.91 Å². The first kappa shape index (κ1) is 16.4. The lowest BCUT2D eigenvalue weighted by atomic mass is 10.0. The number of nitrogens with two attached hydrogens (primary N) is 1. The number of hydrogen-bond acceptors (Lipinski definition) is 3. The lowest BCUT2D eigenvalue weighted by Crippen LogP contribution is -2.39. The van der Waals surface area contributed by atoms with Crippen molar-refractivity contribution in [3.8, 4) is 0 Å². The highest BCUT2D eigenvalue weighted by atomic mass is 16.1. The van der Waals surface area contributed by atoms with E-state index in [-0.39, 0.29) is 5.91 Å². The lowest BCUT2D eigenvalue weighted by molar-refractivity contribution is -0.121. The topological polar surface area (TPSA) is 58.4 Å². The summed E-state index contributed by atoms with van der Waals surface area (Å²) in [4.78, 5) is 14.1. The number of rotatable bonds is 9. The molecule has 0 aromatic carbocycles. The van der Waals surface area contributed by atoms with Crippen molar-refractivity contribution < 1.29 is 4.79 Å². The number of carbonyl (C=O) groups excluding carboxylic acids is 1. The summed E-state index contributed by atoms with van der Waals surface area (Å²) in [5.41, 5.74) is 5.42. The third kappa shape index (κ3) is 7.53. The van der Waals surface area contributed by atoms with Gasteiger partial charge in [0.2, 0.25) is 5.91 Å². The largest absolute Gasteiger partial charge is 0.356 e. The van der Waals surface area contributed by atoms with E-state index in [1.165, 1.54) is 25.8 Å². The van der Waals surface area contributed by atoms with Crippen LogP contribution in [0.5, 0.6) is 0 Å². The molecular weight excluding hydrogens is 238 g/mol. The monoisotopic (exact) mass is 269 g/mol. The number of likely N-dealkylation sites (tertiary alicyclic amines) is 1. The molecule has 4 heteroatoms. The maximum Gasteiger partial charge on any atom is 0.219 e. The van der Waals surface area contributed by atoms with E-state index in [0.717, 1.165) is 51.4 Å². The van der Waals surface area contributed by atoms with Crippen LogP contribution in [-0.4, -0.2) is 43.0 Å². The van der Waals surface area contributed by atoms with Crippen molar-refractivity contribution in [2.45, 2.75) is 64.3 Å². The molecule has 0 aromatic rings. The maximum absolute atomic E-state index is 11.6. The minimum atomic E-state index is 0.198. The number of amides is 1. The van der Waals surface area contributed by atoms with Gasteiger partial charge >= 0.3 is 0 Å². The predicted octanol–water partition coefficient (Wildman–Crippen LogP) is 1.89. The zero-order valence-electron chi connectivity index (χ0n) is 12.5. The number of nitrogens with zero attached hydrogens (tertiary/aromatic N) is 1. The molecule has 0 spiro atoms. The molecular formula is C15H31N3O. The van der Waals surface area contributed by atoms with Gasteiger partial charge in [0.25, 0.3) is 0 Å². The molecule has 0 radical (unpaired) electrons. The van der Waals surface area contributed by atoms with Crippen LogP contribution in [0, 0.1) is 0 Å². The van der Waals surface area contributed by atoms with Gasteiger partial charge in [0.15, 0.2) is 0 Å². The van der Waals surface area contributed by atoms with E-state index in [1.807, 2.05) is 0 Å². The molecule has 112 valence electrons. The van der Waals surface area contributed by atoms with Crippen LogP contribution in [0.2, 0.25) is 0 Å². The van der Waals surface area contributed by atoms with E-state index in [1.54, 1.807) is 0 Å². The molecule has 4 nitrogen and oxygen atoms in total. The van der Waals surface area contributed by atoms with Crippen LogP contribution in [0.4, 0.5) is 0 Å². The van der Waals surface area contributed by atoms with Crippen molar-refractivity contribution in [2.75, 3.05) is 26.2 Å². The molecule has 1 atom stereocenters. The molecule has 19 heavy (non-hydrogen) atoms. The van der Waals surface area contributed by atoms with Gasteiger partial charge in [-0.1, -0.05) is 12.8 Å². The summed E-state index contributed by atoms with van der Waals surface area (Å²) in [5, 5.41) is 3.02. The van der Waals surface area contributed by atoms with Crippen molar-refractivity contribution in [2.24, 2.45) is 5.73 Å². The quantitative estimate of drug-likeness (QED) is 0.628. The number of piperidine rings is 1. The minimum absolute atomic E-state index is 0.198. The van der Waals surface area contributed by atoms with Crippen LogP contribution < -0.4 is 11.1 Å². The van der Waals surface area contributed by atoms with E-state index < -0.39 is 0 Å². The van der Waals surface area contributed by atoms with E-state index in [2.05, 4.69) is 17.1 Å². The molecule has 0 saturated carbocycles. The van der Waals surface area contributed by atoms with Gasteiger partial charge in [0.1, 0.15) is 0 Å². The number of carbonyl (C=O) groups is 1. The summed E-state index contributed by atoms with van der Waals surface area (Å²) in [6.07, 6.45) is 8.81. The lowest BCUT2D eigenvalue weighted by Gasteiger charge is -2.33. The van der Waals surface area contributed by atoms with E-state index in [9.17, 15) is 4.79 Å². The SMILES string of the molecule is CC1CCCCN1CCCNC(=O)CCCCCN. The highest BCUT2D eigenvalue weighted by Gasteiger charge is 2.17. The predicted molar refractivity (Wildman–Crippen MR) is 80.0 cm³/mol. The smallest absolute Gasteiger partial charge is 0.219 e. The fraction of sp³-hybridized carbons (Fsp3) is 0.933. The van der Waals surface area contributed by atoms with Gasteiger partial charge < -0.3 is 16.0 Å². The van der Waals surface area contributed by atoms with Gasteiger partial charge in [0.05, 0.1) is 0 Å². The average molecular weight is 269 g/mol. The van der Waals surface area contributed by atoms with Gasteiger partial charge in [-0.25, -0.2) is 0 Å². The molecule has 0 aliphatic carbocycles.